The first kappa shape index (κ1) is 11.7. The minimum atomic E-state index is 0.325. The number of aromatic amines is 1. The van der Waals surface area contributed by atoms with Crippen LogP contribution in [0.4, 0.5) is 0 Å². The summed E-state index contributed by atoms with van der Waals surface area (Å²) in [5, 5.41) is 10.2. The standard InChI is InChI=1S/C13H20N4O/c18-13(6-10-7-14-8-10)17-5-1-2-11(9-17)12-3-4-15-16-12/h3-4,10-11,14H,1-2,5-9H2,(H,15,16). The quantitative estimate of drug-likeness (QED) is 0.829. The molecule has 0 radical (unpaired) electrons. The summed E-state index contributed by atoms with van der Waals surface area (Å²) < 4.78 is 0. The van der Waals surface area contributed by atoms with Crippen LogP contribution in [0, 0.1) is 5.92 Å². The van der Waals surface area contributed by atoms with E-state index < -0.39 is 0 Å². The van der Waals surface area contributed by atoms with Crippen LogP contribution in [0.3, 0.4) is 0 Å². The first-order valence-electron chi connectivity index (χ1n) is 6.80. The van der Waals surface area contributed by atoms with Gasteiger partial charge in [0.2, 0.25) is 5.91 Å². The number of nitrogens with one attached hydrogen (secondary N) is 2. The van der Waals surface area contributed by atoms with Crippen LogP contribution in [0.15, 0.2) is 12.3 Å². The Hall–Kier alpha value is -1.36. The third-order valence-corrected chi connectivity index (χ3v) is 4.07. The van der Waals surface area contributed by atoms with Gasteiger partial charge in [0.05, 0.1) is 0 Å². The molecular weight excluding hydrogens is 228 g/mol. The maximum Gasteiger partial charge on any atom is 0.222 e. The lowest BCUT2D eigenvalue weighted by molar-refractivity contribution is -0.133. The molecular formula is C13H20N4O. The van der Waals surface area contributed by atoms with Crippen molar-refractivity contribution in [3.05, 3.63) is 18.0 Å². The number of nitrogens with zero attached hydrogens (tertiary/aromatic N) is 2. The molecule has 18 heavy (non-hydrogen) atoms. The highest BCUT2D eigenvalue weighted by atomic mass is 16.2. The van der Waals surface area contributed by atoms with E-state index in [2.05, 4.69) is 15.5 Å². The van der Waals surface area contributed by atoms with Crippen molar-refractivity contribution >= 4 is 5.91 Å². The molecule has 1 amide bonds. The van der Waals surface area contributed by atoms with Gasteiger partial charge in [0, 0.05) is 37.3 Å². The van der Waals surface area contributed by atoms with Gasteiger partial charge < -0.3 is 10.2 Å². The van der Waals surface area contributed by atoms with E-state index in [1.807, 2.05) is 11.0 Å². The Morgan fingerprint density at radius 2 is 2.39 bits per heavy atom. The van der Waals surface area contributed by atoms with Gasteiger partial charge in [0.25, 0.3) is 0 Å². The Balaban J connectivity index is 1.57. The zero-order chi connectivity index (χ0) is 12.4. The number of carbonyl (C=O) groups is 1. The van der Waals surface area contributed by atoms with Crippen LogP contribution < -0.4 is 5.32 Å². The normalized spacial score (nSPS) is 24.9. The Morgan fingerprint density at radius 1 is 1.50 bits per heavy atom. The van der Waals surface area contributed by atoms with E-state index in [0.717, 1.165) is 44.7 Å². The molecule has 1 aromatic rings. The van der Waals surface area contributed by atoms with Gasteiger partial charge in [0.1, 0.15) is 0 Å². The summed E-state index contributed by atoms with van der Waals surface area (Å²) in [6.07, 6.45) is 4.74. The van der Waals surface area contributed by atoms with E-state index in [0.29, 0.717) is 24.2 Å². The molecule has 2 saturated heterocycles. The summed E-state index contributed by atoms with van der Waals surface area (Å²) >= 11 is 0. The number of carbonyl (C=O) groups excluding carboxylic acids is 1. The number of hydrogen-bond acceptors (Lipinski definition) is 3. The van der Waals surface area contributed by atoms with Gasteiger partial charge in [-0.1, -0.05) is 0 Å². The fourth-order valence-electron chi connectivity index (χ4n) is 2.82. The zero-order valence-corrected chi connectivity index (χ0v) is 10.6. The molecule has 98 valence electrons. The predicted octanol–water partition coefficient (Wildman–Crippen LogP) is 0.725. The highest BCUT2D eigenvalue weighted by Gasteiger charge is 2.28. The molecule has 1 aromatic heterocycles. The highest BCUT2D eigenvalue weighted by molar-refractivity contribution is 5.76. The summed E-state index contributed by atoms with van der Waals surface area (Å²) in [7, 11) is 0. The molecule has 2 fully saturated rings. The van der Waals surface area contributed by atoms with Gasteiger partial charge in [0.15, 0.2) is 0 Å². The lowest BCUT2D eigenvalue weighted by atomic mass is 9.93. The summed E-state index contributed by atoms with van der Waals surface area (Å²) in [4.78, 5) is 14.2. The van der Waals surface area contributed by atoms with E-state index >= 15 is 0 Å². The summed E-state index contributed by atoms with van der Waals surface area (Å²) in [5.74, 6) is 1.32. The predicted molar refractivity (Wildman–Crippen MR) is 68.1 cm³/mol. The van der Waals surface area contributed by atoms with Crippen molar-refractivity contribution in [2.75, 3.05) is 26.2 Å². The molecule has 1 unspecified atom stereocenters. The van der Waals surface area contributed by atoms with Crippen LogP contribution in [0.1, 0.15) is 30.9 Å². The van der Waals surface area contributed by atoms with Crippen LogP contribution in [-0.2, 0) is 4.79 Å². The third kappa shape index (κ3) is 2.41. The molecule has 0 aliphatic carbocycles. The van der Waals surface area contributed by atoms with Gasteiger partial charge in [-0.05, 0) is 37.9 Å². The van der Waals surface area contributed by atoms with E-state index in [1.54, 1.807) is 6.20 Å². The summed E-state index contributed by atoms with van der Waals surface area (Å²) in [5.41, 5.74) is 1.16. The molecule has 2 N–H and O–H groups in total. The lowest BCUT2D eigenvalue weighted by Gasteiger charge is -2.34. The molecule has 5 heteroatoms. The molecule has 2 aliphatic heterocycles. The monoisotopic (exact) mass is 248 g/mol. The number of piperidine rings is 1. The van der Waals surface area contributed by atoms with Crippen molar-refractivity contribution < 1.29 is 4.79 Å². The van der Waals surface area contributed by atoms with Crippen molar-refractivity contribution in [2.45, 2.75) is 25.2 Å². The van der Waals surface area contributed by atoms with Crippen LogP contribution >= 0.6 is 0 Å². The minimum Gasteiger partial charge on any atom is -0.342 e. The Morgan fingerprint density at radius 3 is 3.06 bits per heavy atom. The Labute approximate surface area is 107 Å². The highest BCUT2D eigenvalue weighted by Crippen LogP contribution is 2.26. The fourth-order valence-corrected chi connectivity index (χ4v) is 2.82. The van der Waals surface area contributed by atoms with Crippen molar-refractivity contribution in [2.24, 2.45) is 5.92 Å². The van der Waals surface area contributed by atoms with E-state index in [-0.39, 0.29) is 0 Å². The van der Waals surface area contributed by atoms with Crippen LogP contribution in [-0.4, -0.2) is 47.2 Å². The first-order chi connectivity index (χ1) is 8.83. The molecule has 0 aromatic carbocycles. The number of H-pyrrole nitrogens is 1. The molecule has 0 bridgehead atoms. The summed E-state index contributed by atoms with van der Waals surface area (Å²) in [6, 6.07) is 2.02. The van der Waals surface area contributed by atoms with Crippen LogP contribution in [0.25, 0.3) is 0 Å². The maximum absolute atomic E-state index is 12.2. The van der Waals surface area contributed by atoms with Gasteiger partial charge >= 0.3 is 0 Å². The number of likely N-dealkylation sites (tertiary alicyclic amines) is 1. The second kappa shape index (κ2) is 5.10. The molecule has 1 atom stereocenters. The SMILES string of the molecule is O=C(CC1CNC1)N1CCCC(c2ccn[nH]2)C1. The van der Waals surface area contributed by atoms with E-state index in [1.165, 1.54) is 0 Å². The van der Waals surface area contributed by atoms with Crippen molar-refractivity contribution in [1.82, 2.24) is 20.4 Å². The summed E-state index contributed by atoms with van der Waals surface area (Å²) in [6.45, 7) is 3.78. The third-order valence-electron chi connectivity index (χ3n) is 4.07. The zero-order valence-electron chi connectivity index (χ0n) is 10.6. The van der Waals surface area contributed by atoms with Gasteiger partial charge in [-0.3, -0.25) is 9.89 Å². The average molecular weight is 248 g/mol. The van der Waals surface area contributed by atoms with Gasteiger partial charge in [-0.2, -0.15) is 5.10 Å². The van der Waals surface area contributed by atoms with Crippen molar-refractivity contribution in [3.8, 4) is 0 Å². The average Bonchev–Trinajstić information content (AvgIpc) is 2.87. The Bertz CT molecular complexity index is 399. The maximum atomic E-state index is 12.2. The number of aromatic nitrogens is 2. The lowest BCUT2D eigenvalue weighted by Crippen LogP contribution is -2.46. The molecule has 3 rings (SSSR count). The Kier molecular flexibility index (Phi) is 3.32. The minimum absolute atomic E-state index is 0.325. The number of rotatable bonds is 3. The molecule has 0 spiro atoms. The molecule has 2 aliphatic rings. The molecule has 3 heterocycles. The van der Waals surface area contributed by atoms with Gasteiger partial charge in [-0.25, -0.2) is 0 Å². The van der Waals surface area contributed by atoms with Crippen LogP contribution in [0.2, 0.25) is 0 Å². The van der Waals surface area contributed by atoms with Crippen molar-refractivity contribution in [3.63, 3.8) is 0 Å². The van der Waals surface area contributed by atoms with Crippen molar-refractivity contribution in [1.29, 1.82) is 0 Å². The smallest absolute Gasteiger partial charge is 0.222 e. The van der Waals surface area contributed by atoms with E-state index in [4.69, 9.17) is 0 Å². The number of hydrogen-bond donors (Lipinski definition) is 2. The second-order valence-corrected chi connectivity index (χ2v) is 5.42. The number of amides is 1. The largest absolute Gasteiger partial charge is 0.342 e. The second-order valence-electron chi connectivity index (χ2n) is 5.42. The van der Waals surface area contributed by atoms with Gasteiger partial charge in [-0.15, -0.1) is 0 Å². The first-order valence-corrected chi connectivity index (χ1v) is 6.80. The molecule has 5 nitrogen and oxygen atoms in total. The topological polar surface area (TPSA) is 61.0 Å². The molecule has 0 saturated carbocycles. The van der Waals surface area contributed by atoms with Crippen LogP contribution in [0.5, 0.6) is 0 Å². The fraction of sp³-hybridized carbons (Fsp3) is 0.692. The van der Waals surface area contributed by atoms with E-state index in [9.17, 15) is 4.79 Å².